The molecule has 0 radical (unpaired) electrons. The van der Waals surface area contributed by atoms with Crippen LogP contribution in [0.3, 0.4) is 0 Å². The first-order valence-corrected chi connectivity index (χ1v) is 8.54. The monoisotopic (exact) mass is 442 g/mol. The van der Waals surface area contributed by atoms with Gasteiger partial charge in [0.05, 0.1) is 12.7 Å². The average Bonchev–Trinajstić information content (AvgIpc) is 2.72. The smallest absolute Gasteiger partial charge is 0.455 e. The first-order chi connectivity index (χ1) is 14.4. The molecule has 162 valence electrons. The number of rotatable bonds is 5. The van der Waals surface area contributed by atoms with Crippen molar-refractivity contribution in [3.05, 3.63) is 65.7 Å². The Morgan fingerprint density at radius 3 is 1.71 bits per heavy atom. The van der Waals surface area contributed by atoms with Crippen LogP contribution in [0.5, 0.6) is 17.2 Å². The third-order valence-electron chi connectivity index (χ3n) is 4.28. The van der Waals surface area contributed by atoms with Crippen LogP contribution < -0.4 is 9.47 Å². The van der Waals surface area contributed by atoms with Crippen molar-refractivity contribution in [2.24, 2.45) is 0 Å². The van der Waals surface area contributed by atoms with Crippen molar-refractivity contribution >= 4 is 22.3 Å². The number of halogens is 6. The van der Waals surface area contributed by atoms with Gasteiger partial charge >= 0.3 is 12.4 Å². The lowest BCUT2D eigenvalue weighted by Crippen LogP contribution is -2.26. The molecule has 0 atom stereocenters. The first kappa shape index (κ1) is 22.1. The Hall–Kier alpha value is -3.56. The fourth-order valence-corrected chi connectivity index (χ4v) is 2.88. The number of fused-ring (bicyclic) bond motifs is 1. The Balaban J connectivity index is 2.30. The number of methoxy groups -OCH3 is 1. The predicted molar refractivity (Wildman–Crippen MR) is 97.8 cm³/mol. The lowest BCUT2D eigenvalue weighted by atomic mass is 9.94. The summed E-state index contributed by atoms with van der Waals surface area (Å²) >= 11 is 0. The summed E-state index contributed by atoms with van der Waals surface area (Å²) in [7, 11) is 1.39. The molecular formula is C21H12F6O4. The van der Waals surface area contributed by atoms with Gasteiger partial charge in [-0.3, -0.25) is 9.59 Å². The van der Waals surface area contributed by atoms with E-state index in [1.807, 2.05) is 0 Å². The quantitative estimate of drug-likeness (QED) is 0.352. The molecule has 0 aliphatic rings. The van der Waals surface area contributed by atoms with Crippen LogP contribution in [0.1, 0.15) is 20.7 Å². The lowest BCUT2D eigenvalue weighted by Gasteiger charge is -2.18. The van der Waals surface area contributed by atoms with Crippen molar-refractivity contribution in [2.45, 2.75) is 12.4 Å². The maximum Gasteiger partial charge on any atom is 0.455 e. The number of Topliss-reactive ketones (excluding diaryl/α,β-unsaturated/α-hetero) is 2. The van der Waals surface area contributed by atoms with Gasteiger partial charge in [0.1, 0.15) is 17.2 Å². The number of benzene rings is 3. The summed E-state index contributed by atoms with van der Waals surface area (Å²) in [5.41, 5.74) is -2.30. The molecule has 0 amide bonds. The molecule has 0 saturated heterocycles. The summed E-state index contributed by atoms with van der Waals surface area (Å²) in [4.78, 5) is 23.9. The van der Waals surface area contributed by atoms with Gasteiger partial charge in [0.2, 0.25) is 0 Å². The van der Waals surface area contributed by atoms with E-state index in [0.29, 0.717) is 5.75 Å². The van der Waals surface area contributed by atoms with Gasteiger partial charge in [-0.25, -0.2) is 0 Å². The summed E-state index contributed by atoms with van der Waals surface area (Å²) in [6.07, 6.45) is -10.8. The van der Waals surface area contributed by atoms with Crippen LogP contribution in [0.15, 0.2) is 54.6 Å². The van der Waals surface area contributed by atoms with Crippen LogP contribution in [0.2, 0.25) is 0 Å². The fourth-order valence-electron chi connectivity index (χ4n) is 2.88. The summed E-state index contributed by atoms with van der Waals surface area (Å²) in [6, 6.07) is 10.7. The SMILES string of the molecule is COc1ccc(Oc2c(C(=O)C(F)(F)F)cc(C(=O)C(F)(F)F)c3ccccc23)cc1. The van der Waals surface area contributed by atoms with Gasteiger partial charge in [-0.15, -0.1) is 0 Å². The molecule has 0 unspecified atom stereocenters. The van der Waals surface area contributed by atoms with Crippen molar-refractivity contribution in [1.29, 1.82) is 0 Å². The van der Waals surface area contributed by atoms with Crippen LogP contribution in [0.25, 0.3) is 10.8 Å². The highest BCUT2D eigenvalue weighted by atomic mass is 19.4. The maximum absolute atomic E-state index is 13.2. The molecule has 0 heterocycles. The molecule has 31 heavy (non-hydrogen) atoms. The van der Waals surface area contributed by atoms with Crippen LogP contribution in [0.4, 0.5) is 26.3 Å². The lowest BCUT2D eigenvalue weighted by molar-refractivity contribution is -0.0887. The number of hydrogen-bond donors (Lipinski definition) is 0. The molecule has 0 aliphatic heterocycles. The van der Waals surface area contributed by atoms with Crippen molar-refractivity contribution in [3.8, 4) is 17.2 Å². The number of ether oxygens (including phenoxy) is 2. The van der Waals surface area contributed by atoms with Gasteiger partial charge in [-0.05, 0) is 35.7 Å². The third-order valence-corrected chi connectivity index (χ3v) is 4.28. The van der Waals surface area contributed by atoms with E-state index in [9.17, 15) is 35.9 Å². The van der Waals surface area contributed by atoms with E-state index in [-0.39, 0.29) is 22.6 Å². The van der Waals surface area contributed by atoms with Crippen molar-refractivity contribution < 1.29 is 45.4 Å². The minimum atomic E-state index is -5.42. The van der Waals surface area contributed by atoms with Gasteiger partial charge in [-0.2, -0.15) is 26.3 Å². The van der Waals surface area contributed by atoms with E-state index >= 15 is 0 Å². The second-order valence-corrected chi connectivity index (χ2v) is 6.28. The molecule has 0 aromatic heterocycles. The molecule has 0 N–H and O–H groups in total. The summed E-state index contributed by atoms with van der Waals surface area (Å²) in [5.74, 6) is -5.04. The van der Waals surface area contributed by atoms with E-state index in [0.717, 1.165) is 12.1 Å². The largest absolute Gasteiger partial charge is 0.497 e. The highest BCUT2D eigenvalue weighted by molar-refractivity contribution is 6.16. The molecule has 0 fully saturated rings. The molecule has 0 bridgehead atoms. The van der Waals surface area contributed by atoms with Crippen LogP contribution in [0, 0.1) is 0 Å². The van der Waals surface area contributed by atoms with Gasteiger partial charge < -0.3 is 9.47 Å². The number of hydrogen-bond acceptors (Lipinski definition) is 4. The highest BCUT2D eigenvalue weighted by Gasteiger charge is 2.44. The Bertz CT molecular complexity index is 1150. The van der Waals surface area contributed by atoms with Gasteiger partial charge in [-0.1, -0.05) is 24.3 Å². The minimum absolute atomic E-state index is 0.00271. The van der Waals surface area contributed by atoms with Gasteiger partial charge in [0.15, 0.2) is 0 Å². The Kier molecular flexibility index (Phi) is 5.66. The molecule has 3 aromatic carbocycles. The van der Waals surface area contributed by atoms with Gasteiger partial charge in [0.25, 0.3) is 11.6 Å². The molecule has 0 aliphatic carbocycles. The van der Waals surface area contributed by atoms with Crippen LogP contribution in [-0.2, 0) is 0 Å². The van der Waals surface area contributed by atoms with Crippen LogP contribution >= 0.6 is 0 Å². The molecule has 0 spiro atoms. The van der Waals surface area contributed by atoms with Crippen molar-refractivity contribution in [1.82, 2.24) is 0 Å². The standard InChI is InChI=1S/C21H12F6O4/c1-30-11-6-8-12(9-7-11)31-17-14-5-3-2-4-13(14)15(18(28)20(22,23)24)10-16(17)19(29)21(25,26)27/h2-10H,1H3. The second-order valence-electron chi connectivity index (χ2n) is 6.28. The highest BCUT2D eigenvalue weighted by Crippen LogP contribution is 2.40. The molecule has 3 aromatic rings. The van der Waals surface area contributed by atoms with E-state index < -0.39 is 40.8 Å². The zero-order chi connectivity index (χ0) is 23.0. The van der Waals surface area contributed by atoms with E-state index in [1.54, 1.807) is 0 Å². The van der Waals surface area contributed by atoms with Crippen molar-refractivity contribution in [2.75, 3.05) is 7.11 Å². The number of alkyl halides is 6. The summed E-state index contributed by atoms with van der Waals surface area (Å²) < 4.78 is 89.2. The number of ketones is 2. The normalized spacial score (nSPS) is 12.0. The molecular weight excluding hydrogens is 430 g/mol. The summed E-state index contributed by atoms with van der Waals surface area (Å²) in [6.45, 7) is 0. The fraction of sp³-hybridized carbons (Fsp3) is 0.143. The molecule has 0 saturated carbocycles. The Morgan fingerprint density at radius 1 is 0.710 bits per heavy atom. The van der Waals surface area contributed by atoms with Gasteiger partial charge in [0, 0.05) is 10.9 Å². The van der Waals surface area contributed by atoms with Crippen molar-refractivity contribution in [3.63, 3.8) is 0 Å². The molecule has 3 rings (SSSR count). The predicted octanol–water partition coefficient (Wildman–Crippen LogP) is 6.13. The molecule has 4 nitrogen and oxygen atoms in total. The minimum Gasteiger partial charge on any atom is -0.497 e. The van der Waals surface area contributed by atoms with E-state index in [1.165, 1.54) is 43.5 Å². The molecule has 10 heteroatoms. The topological polar surface area (TPSA) is 52.6 Å². The Morgan fingerprint density at radius 2 is 1.19 bits per heavy atom. The van der Waals surface area contributed by atoms with E-state index in [4.69, 9.17) is 9.47 Å². The number of carbonyl (C=O) groups excluding carboxylic acids is 2. The first-order valence-electron chi connectivity index (χ1n) is 8.54. The third kappa shape index (κ3) is 4.47. The number of carbonyl (C=O) groups is 2. The maximum atomic E-state index is 13.2. The Labute approximate surface area is 171 Å². The second kappa shape index (κ2) is 7.93. The van der Waals surface area contributed by atoms with E-state index in [2.05, 4.69) is 0 Å². The average molecular weight is 442 g/mol. The summed E-state index contributed by atoms with van der Waals surface area (Å²) in [5, 5.41) is -0.576. The van der Waals surface area contributed by atoms with Crippen LogP contribution in [-0.4, -0.2) is 31.0 Å². The zero-order valence-electron chi connectivity index (χ0n) is 15.6. The zero-order valence-corrected chi connectivity index (χ0v) is 15.6.